The van der Waals surface area contributed by atoms with Crippen LogP contribution >= 0.6 is 0 Å². The number of fused-ring (bicyclic) bond motifs is 1. The molecule has 1 saturated heterocycles. The number of furan rings is 1. The molecule has 4 nitrogen and oxygen atoms in total. The number of benzene rings is 1. The quantitative estimate of drug-likeness (QED) is 0.852. The van der Waals surface area contributed by atoms with Crippen molar-refractivity contribution >= 4 is 16.9 Å². The second kappa shape index (κ2) is 6.53. The Hall–Kier alpha value is -1.81. The van der Waals surface area contributed by atoms with E-state index in [1.165, 1.54) is 5.56 Å². The number of amides is 1. The molecule has 22 heavy (non-hydrogen) atoms. The van der Waals surface area contributed by atoms with E-state index >= 15 is 0 Å². The maximum absolute atomic E-state index is 12.6. The van der Waals surface area contributed by atoms with E-state index in [0.29, 0.717) is 13.0 Å². The Morgan fingerprint density at radius 1 is 1.45 bits per heavy atom. The number of hydrogen-bond acceptors (Lipinski definition) is 3. The van der Waals surface area contributed by atoms with E-state index in [9.17, 15) is 4.79 Å². The number of methoxy groups -OCH3 is 1. The number of aryl methyl sites for hydroxylation is 1. The molecular formula is C18H23NO3. The molecule has 1 amide bonds. The van der Waals surface area contributed by atoms with Gasteiger partial charge in [0.15, 0.2) is 0 Å². The molecule has 1 aromatic heterocycles. The van der Waals surface area contributed by atoms with E-state index < -0.39 is 0 Å². The second-order valence-corrected chi connectivity index (χ2v) is 5.96. The maximum atomic E-state index is 12.6. The van der Waals surface area contributed by atoms with Gasteiger partial charge in [-0.1, -0.05) is 13.0 Å². The monoisotopic (exact) mass is 301 g/mol. The van der Waals surface area contributed by atoms with Crippen LogP contribution in [0.15, 0.2) is 28.9 Å². The first-order valence-corrected chi connectivity index (χ1v) is 8.00. The van der Waals surface area contributed by atoms with E-state index in [4.69, 9.17) is 9.15 Å². The van der Waals surface area contributed by atoms with Gasteiger partial charge in [0.1, 0.15) is 5.58 Å². The van der Waals surface area contributed by atoms with Gasteiger partial charge in [0, 0.05) is 24.6 Å². The van der Waals surface area contributed by atoms with Crippen LogP contribution in [0.5, 0.6) is 0 Å². The molecule has 2 aromatic rings. The minimum absolute atomic E-state index is 0.171. The van der Waals surface area contributed by atoms with Gasteiger partial charge in [-0.3, -0.25) is 4.79 Å². The molecule has 0 bridgehead atoms. The Kier molecular flexibility index (Phi) is 4.48. The fourth-order valence-electron chi connectivity index (χ4n) is 3.28. The predicted octanol–water partition coefficient (Wildman–Crippen LogP) is 3.18. The summed E-state index contributed by atoms with van der Waals surface area (Å²) in [4.78, 5) is 14.6. The lowest BCUT2D eigenvalue weighted by Gasteiger charge is -2.24. The van der Waals surface area contributed by atoms with E-state index in [1.54, 1.807) is 13.4 Å². The topological polar surface area (TPSA) is 42.7 Å². The SMILES string of the molecule is CCc1ccc2occ(CC(=O)N3CCC[C@@H]3COC)c2c1. The summed E-state index contributed by atoms with van der Waals surface area (Å²) in [5, 5.41) is 1.06. The lowest BCUT2D eigenvalue weighted by Crippen LogP contribution is -2.38. The third-order valence-corrected chi connectivity index (χ3v) is 4.52. The van der Waals surface area contributed by atoms with Crippen LogP contribution in [0, 0.1) is 0 Å². The fourth-order valence-corrected chi connectivity index (χ4v) is 3.28. The van der Waals surface area contributed by atoms with Crippen molar-refractivity contribution in [1.82, 2.24) is 4.90 Å². The second-order valence-electron chi connectivity index (χ2n) is 5.96. The van der Waals surface area contributed by atoms with Gasteiger partial charge in [-0.2, -0.15) is 0 Å². The van der Waals surface area contributed by atoms with Gasteiger partial charge < -0.3 is 14.1 Å². The van der Waals surface area contributed by atoms with E-state index in [1.807, 2.05) is 11.0 Å². The molecule has 3 rings (SSSR count). The largest absolute Gasteiger partial charge is 0.464 e. The minimum Gasteiger partial charge on any atom is -0.464 e. The Labute approximate surface area is 131 Å². The van der Waals surface area contributed by atoms with Crippen LogP contribution in [0.2, 0.25) is 0 Å². The first kappa shape index (κ1) is 15.1. The Bertz CT molecular complexity index is 661. The molecule has 2 heterocycles. The molecule has 1 aliphatic rings. The van der Waals surface area contributed by atoms with Crippen molar-refractivity contribution in [3.8, 4) is 0 Å². The van der Waals surface area contributed by atoms with Gasteiger partial charge in [-0.25, -0.2) is 0 Å². The maximum Gasteiger partial charge on any atom is 0.227 e. The fraction of sp³-hybridized carbons (Fsp3) is 0.500. The predicted molar refractivity (Wildman–Crippen MR) is 85.9 cm³/mol. The van der Waals surface area contributed by atoms with Crippen molar-refractivity contribution in [2.45, 2.75) is 38.6 Å². The molecule has 1 aliphatic heterocycles. The summed E-state index contributed by atoms with van der Waals surface area (Å²) >= 11 is 0. The highest BCUT2D eigenvalue weighted by Gasteiger charge is 2.28. The number of ether oxygens (including phenoxy) is 1. The van der Waals surface area contributed by atoms with Crippen LogP contribution in [0.3, 0.4) is 0 Å². The standard InChI is InChI=1S/C18H23NO3/c1-3-13-6-7-17-16(9-13)14(11-22-17)10-18(20)19-8-4-5-15(19)12-21-2/h6-7,9,11,15H,3-5,8,10,12H2,1-2H3/t15-/m1/s1. The van der Waals surface area contributed by atoms with Crippen molar-refractivity contribution in [2.24, 2.45) is 0 Å². The summed E-state index contributed by atoms with van der Waals surface area (Å²) < 4.78 is 10.8. The smallest absolute Gasteiger partial charge is 0.227 e. The Balaban J connectivity index is 1.79. The van der Waals surface area contributed by atoms with Crippen molar-refractivity contribution in [3.63, 3.8) is 0 Å². The number of nitrogens with zero attached hydrogens (tertiary/aromatic N) is 1. The first-order valence-electron chi connectivity index (χ1n) is 8.00. The van der Waals surface area contributed by atoms with Crippen molar-refractivity contribution in [3.05, 3.63) is 35.6 Å². The van der Waals surface area contributed by atoms with E-state index in [0.717, 1.165) is 42.3 Å². The number of hydrogen-bond donors (Lipinski definition) is 0. The molecule has 0 N–H and O–H groups in total. The minimum atomic E-state index is 0.171. The molecular weight excluding hydrogens is 278 g/mol. The average molecular weight is 301 g/mol. The molecule has 1 aromatic carbocycles. The van der Waals surface area contributed by atoms with Crippen LogP contribution in [-0.2, 0) is 22.4 Å². The molecule has 0 radical (unpaired) electrons. The summed E-state index contributed by atoms with van der Waals surface area (Å²) in [5.74, 6) is 0.171. The van der Waals surface area contributed by atoms with Gasteiger partial charge in [-0.15, -0.1) is 0 Å². The van der Waals surface area contributed by atoms with E-state index in [-0.39, 0.29) is 11.9 Å². The highest BCUT2D eigenvalue weighted by Crippen LogP contribution is 2.25. The Morgan fingerprint density at radius 3 is 3.09 bits per heavy atom. The molecule has 1 atom stereocenters. The van der Waals surface area contributed by atoms with Gasteiger partial charge in [0.05, 0.1) is 25.3 Å². The van der Waals surface area contributed by atoms with Gasteiger partial charge in [0.2, 0.25) is 5.91 Å². The lowest BCUT2D eigenvalue weighted by molar-refractivity contribution is -0.132. The van der Waals surface area contributed by atoms with Crippen LogP contribution in [-0.4, -0.2) is 37.1 Å². The molecule has 0 saturated carbocycles. The molecule has 0 aliphatic carbocycles. The summed E-state index contributed by atoms with van der Waals surface area (Å²) in [7, 11) is 1.69. The van der Waals surface area contributed by atoms with Crippen molar-refractivity contribution in [2.75, 3.05) is 20.3 Å². The third-order valence-electron chi connectivity index (χ3n) is 4.52. The third kappa shape index (κ3) is 2.88. The first-order chi connectivity index (χ1) is 10.7. The van der Waals surface area contributed by atoms with Gasteiger partial charge in [-0.05, 0) is 37.0 Å². The van der Waals surface area contributed by atoms with Crippen molar-refractivity contribution < 1.29 is 13.9 Å². The van der Waals surface area contributed by atoms with Gasteiger partial charge in [0.25, 0.3) is 0 Å². The van der Waals surface area contributed by atoms with E-state index in [2.05, 4.69) is 19.1 Å². The zero-order valence-corrected chi connectivity index (χ0v) is 13.3. The molecule has 118 valence electrons. The average Bonchev–Trinajstić information content (AvgIpc) is 3.14. The van der Waals surface area contributed by atoms with Crippen LogP contribution < -0.4 is 0 Å². The molecule has 0 unspecified atom stereocenters. The van der Waals surface area contributed by atoms with Crippen molar-refractivity contribution in [1.29, 1.82) is 0 Å². The Morgan fingerprint density at radius 2 is 2.32 bits per heavy atom. The normalized spacial score (nSPS) is 18.3. The van der Waals surface area contributed by atoms with Gasteiger partial charge >= 0.3 is 0 Å². The highest BCUT2D eigenvalue weighted by atomic mass is 16.5. The molecule has 1 fully saturated rings. The number of carbonyl (C=O) groups excluding carboxylic acids is 1. The van der Waals surface area contributed by atoms with Crippen LogP contribution in [0.25, 0.3) is 11.0 Å². The number of carbonyl (C=O) groups is 1. The number of rotatable bonds is 5. The van der Waals surface area contributed by atoms with Crippen LogP contribution in [0.4, 0.5) is 0 Å². The summed E-state index contributed by atoms with van der Waals surface area (Å²) in [6, 6.07) is 6.43. The zero-order valence-electron chi connectivity index (χ0n) is 13.3. The number of likely N-dealkylation sites (tertiary alicyclic amines) is 1. The summed E-state index contributed by atoms with van der Waals surface area (Å²) in [5.41, 5.74) is 3.11. The zero-order chi connectivity index (χ0) is 15.5. The molecule has 4 heteroatoms. The summed E-state index contributed by atoms with van der Waals surface area (Å²) in [6.07, 6.45) is 5.21. The highest BCUT2D eigenvalue weighted by molar-refractivity contribution is 5.88. The molecule has 0 spiro atoms. The van der Waals surface area contributed by atoms with Crippen LogP contribution in [0.1, 0.15) is 30.9 Å². The lowest BCUT2D eigenvalue weighted by atomic mass is 10.1. The summed E-state index contributed by atoms with van der Waals surface area (Å²) in [6.45, 7) is 3.59.